The van der Waals surface area contributed by atoms with Crippen LogP contribution in [0.5, 0.6) is 0 Å². The minimum Gasteiger partial charge on any atom is -0.381 e. The van der Waals surface area contributed by atoms with E-state index in [4.69, 9.17) is 4.74 Å². The zero-order valence-electron chi connectivity index (χ0n) is 16.3. The summed E-state index contributed by atoms with van der Waals surface area (Å²) in [6.07, 6.45) is 6.31. The summed E-state index contributed by atoms with van der Waals surface area (Å²) in [5.41, 5.74) is 0.262. The maximum atomic E-state index is 5.67. The predicted molar refractivity (Wildman–Crippen MR) is 115 cm³/mol. The van der Waals surface area contributed by atoms with Gasteiger partial charge in [-0.25, -0.2) is 0 Å². The van der Waals surface area contributed by atoms with Crippen LogP contribution >= 0.6 is 24.0 Å². The molecule has 6 heteroatoms. The van der Waals surface area contributed by atoms with Gasteiger partial charge in [-0.15, -0.1) is 24.0 Å². The van der Waals surface area contributed by atoms with Crippen LogP contribution in [0.3, 0.4) is 0 Å². The second-order valence-electron chi connectivity index (χ2n) is 8.28. The molecule has 0 aromatic carbocycles. The molecule has 3 aliphatic rings. The summed E-state index contributed by atoms with van der Waals surface area (Å²) in [6.45, 7) is 12.3. The molecule has 0 amide bonds. The zero-order chi connectivity index (χ0) is 17.0. The van der Waals surface area contributed by atoms with Crippen LogP contribution in [0.1, 0.15) is 46.0 Å². The Hall–Kier alpha value is -0.0800. The van der Waals surface area contributed by atoms with Gasteiger partial charge in [0.05, 0.1) is 0 Å². The standard InChI is InChI=1S/C19H36N4O.HI/c1-16-12-17(2)14-22(13-16)18(20-3)21-15-19(6-10-24-11-7-19)23-8-4-5-9-23;/h16-17H,4-15H2,1-3H3,(H,20,21);1H. The van der Waals surface area contributed by atoms with Gasteiger partial charge in [0, 0.05) is 45.4 Å². The second-order valence-corrected chi connectivity index (χ2v) is 8.28. The summed E-state index contributed by atoms with van der Waals surface area (Å²) in [6, 6.07) is 0. The fraction of sp³-hybridized carbons (Fsp3) is 0.947. The summed E-state index contributed by atoms with van der Waals surface area (Å²) in [5.74, 6) is 2.60. The topological polar surface area (TPSA) is 40.1 Å². The molecule has 1 N–H and O–H groups in total. The highest BCUT2D eigenvalue weighted by Crippen LogP contribution is 2.31. The molecule has 5 nitrogen and oxygen atoms in total. The maximum absolute atomic E-state index is 5.67. The van der Waals surface area contributed by atoms with Gasteiger partial charge in [0.2, 0.25) is 0 Å². The SMILES string of the molecule is CN=C(NCC1(N2CCCC2)CCOCC1)N1CC(C)CC(C)C1.I. The number of piperidine rings is 1. The van der Waals surface area contributed by atoms with Crippen LogP contribution in [0, 0.1) is 11.8 Å². The van der Waals surface area contributed by atoms with Crippen LogP contribution in [0.15, 0.2) is 4.99 Å². The van der Waals surface area contributed by atoms with Crippen LogP contribution in [-0.2, 0) is 4.74 Å². The summed E-state index contributed by atoms with van der Waals surface area (Å²) < 4.78 is 5.67. The number of halogens is 1. The largest absolute Gasteiger partial charge is 0.381 e. The molecule has 3 aliphatic heterocycles. The maximum Gasteiger partial charge on any atom is 0.193 e. The molecule has 0 saturated carbocycles. The minimum absolute atomic E-state index is 0. The van der Waals surface area contributed by atoms with Crippen molar-refractivity contribution in [2.45, 2.75) is 51.5 Å². The molecular weight excluding hydrogens is 427 g/mol. The summed E-state index contributed by atoms with van der Waals surface area (Å²) in [7, 11) is 1.93. The van der Waals surface area contributed by atoms with E-state index in [1.165, 1.54) is 32.4 Å². The van der Waals surface area contributed by atoms with E-state index < -0.39 is 0 Å². The molecule has 0 spiro atoms. The number of likely N-dealkylation sites (tertiary alicyclic amines) is 2. The Kier molecular flexibility index (Phi) is 8.27. The number of hydrogen-bond acceptors (Lipinski definition) is 3. The van der Waals surface area contributed by atoms with Crippen molar-refractivity contribution in [1.29, 1.82) is 0 Å². The lowest BCUT2D eigenvalue weighted by Gasteiger charge is -2.46. The van der Waals surface area contributed by atoms with E-state index in [1.807, 2.05) is 7.05 Å². The van der Waals surface area contributed by atoms with Gasteiger partial charge in [-0.05, 0) is 57.0 Å². The van der Waals surface area contributed by atoms with Gasteiger partial charge in [-0.1, -0.05) is 13.8 Å². The normalized spacial score (nSPS) is 30.8. The first kappa shape index (κ1) is 21.2. The fourth-order valence-electron chi connectivity index (χ4n) is 4.96. The molecule has 0 aromatic heterocycles. The van der Waals surface area contributed by atoms with Gasteiger partial charge < -0.3 is 15.0 Å². The zero-order valence-corrected chi connectivity index (χ0v) is 18.6. The lowest BCUT2D eigenvalue weighted by molar-refractivity contribution is -0.0167. The third-order valence-corrected chi connectivity index (χ3v) is 6.16. The molecular formula is C19H37IN4O. The Morgan fingerprint density at radius 3 is 2.28 bits per heavy atom. The molecule has 0 aliphatic carbocycles. The molecule has 3 saturated heterocycles. The molecule has 3 fully saturated rings. The average molecular weight is 464 g/mol. The monoisotopic (exact) mass is 464 g/mol. The van der Waals surface area contributed by atoms with Gasteiger partial charge in [0.1, 0.15) is 0 Å². The quantitative estimate of drug-likeness (QED) is 0.396. The first-order valence-corrected chi connectivity index (χ1v) is 9.91. The molecule has 0 aromatic rings. The smallest absolute Gasteiger partial charge is 0.193 e. The van der Waals surface area contributed by atoms with Crippen molar-refractivity contribution in [2.24, 2.45) is 16.8 Å². The van der Waals surface area contributed by atoms with Crippen LogP contribution in [0.4, 0.5) is 0 Å². The summed E-state index contributed by atoms with van der Waals surface area (Å²) in [5, 5.41) is 3.75. The van der Waals surface area contributed by atoms with E-state index >= 15 is 0 Å². The first-order chi connectivity index (χ1) is 11.6. The Balaban J connectivity index is 0.00000225. The second kappa shape index (κ2) is 9.74. The Morgan fingerprint density at radius 1 is 1.12 bits per heavy atom. The number of nitrogens with zero attached hydrogens (tertiary/aromatic N) is 3. The van der Waals surface area contributed by atoms with E-state index in [0.717, 1.165) is 63.5 Å². The van der Waals surface area contributed by atoms with Crippen LogP contribution in [0.25, 0.3) is 0 Å². The fourth-order valence-corrected chi connectivity index (χ4v) is 4.96. The van der Waals surface area contributed by atoms with Gasteiger partial charge in [-0.2, -0.15) is 0 Å². The van der Waals surface area contributed by atoms with Gasteiger partial charge >= 0.3 is 0 Å². The molecule has 146 valence electrons. The van der Waals surface area contributed by atoms with E-state index in [9.17, 15) is 0 Å². The predicted octanol–water partition coefficient (Wildman–Crippen LogP) is 2.80. The number of nitrogens with one attached hydrogen (secondary N) is 1. The lowest BCUT2D eigenvalue weighted by atomic mass is 9.88. The van der Waals surface area contributed by atoms with Crippen molar-refractivity contribution < 1.29 is 4.74 Å². The number of hydrogen-bond donors (Lipinski definition) is 1. The summed E-state index contributed by atoms with van der Waals surface area (Å²) in [4.78, 5) is 9.79. The third-order valence-electron chi connectivity index (χ3n) is 6.16. The van der Waals surface area contributed by atoms with Crippen molar-refractivity contribution >= 4 is 29.9 Å². The Morgan fingerprint density at radius 2 is 1.72 bits per heavy atom. The van der Waals surface area contributed by atoms with Crippen LogP contribution < -0.4 is 5.32 Å². The van der Waals surface area contributed by atoms with Crippen molar-refractivity contribution in [3.05, 3.63) is 0 Å². The number of guanidine groups is 1. The highest BCUT2D eigenvalue weighted by molar-refractivity contribution is 14.0. The van der Waals surface area contributed by atoms with E-state index in [-0.39, 0.29) is 29.5 Å². The molecule has 25 heavy (non-hydrogen) atoms. The number of rotatable bonds is 3. The molecule has 3 heterocycles. The Bertz CT molecular complexity index is 423. The van der Waals surface area contributed by atoms with Gasteiger partial charge in [-0.3, -0.25) is 9.89 Å². The lowest BCUT2D eigenvalue weighted by Crippen LogP contribution is -2.59. The van der Waals surface area contributed by atoms with Crippen molar-refractivity contribution in [3.8, 4) is 0 Å². The van der Waals surface area contributed by atoms with E-state index in [2.05, 4.69) is 34.0 Å². The highest BCUT2D eigenvalue weighted by Gasteiger charge is 2.40. The van der Waals surface area contributed by atoms with Crippen LogP contribution in [-0.4, -0.2) is 74.3 Å². The van der Waals surface area contributed by atoms with Crippen LogP contribution in [0.2, 0.25) is 0 Å². The van der Waals surface area contributed by atoms with E-state index in [1.54, 1.807) is 0 Å². The van der Waals surface area contributed by atoms with Crippen molar-refractivity contribution in [2.75, 3.05) is 53.0 Å². The molecule has 2 atom stereocenters. The number of ether oxygens (including phenoxy) is 1. The average Bonchev–Trinajstić information content (AvgIpc) is 3.10. The van der Waals surface area contributed by atoms with Gasteiger partial charge in [0.15, 0.2) is 5.96 Å². The number of aliphatic imine (C=N–C) groups is 1. The highest BCUT2D eigenvalue weighted by atomic mass is 127. The third kappa shape index (κ3) is 5.22. The molecule has 2 unspecified atom stereocenters. The molecule has 0 radical (unpaired) electrons. The van der Waals surface area contributed by atoms with Crippen molar-refractivity contribution in [1.82, 2.24) is 15.1 Å². The van der Waals surface area contributed by atoms with Gasteiger partial charge in [0.25, 0.3) is 0 Å². The summed E-state index contributed by atoms with van der Waals surface area (Å²) >= 11 is 0. The van der Waals surface area contributed by atoms with E-state index in [0.29, 0.717) is 0 Å². The molecule has 0 bridgehead atoms. The Labute approximate surface area is 171 Å². The molecule has 3 rings (SSSR count). The first-order valence-electron chi connectivity index (χ1n) is 9.91. The van der Waals surface area contributed by atoms with Crippen molar-refractivity contribution in [3.63, 3.8) is 0 Å². The minimum atomic E-state index is 0.